The van der Waals surface area contributed by atoms with Crippen LogP contribution in [0.15, 0.2) is 88.7 Å². The van der Waals surface area contributed by atoms with E-state index in [0.29, 0.717) is 44.9 Å². The summed E-state index contributed by atoms with van der Waals surface area (Å²) in [4.78, 5) is 83.6. The third-order valence-corrected chi connectivity index (χ3v) is 18.8. The maximum absolute atomic E-state index is 13.9. The van der Waals surface area contributed by atoms with Gasteiger partial charge in [-0.15, -0.1) is 0 Å². The molecule has 0 spiro atoms. The third-order valence-electron chi connectivity index (χ3n) is 18.8. The fourth-order valence-electron chi connectivity index (χ4n) is 12.6. The zero-order valence-corrected chi connectivity index (χ0v) is 65.8. The van der Waals surface area contributed by atoms with Crippen molar-refractivity contribution < 1.29 is 62.2 Å². The minimum Gasteiger partial charge on any atom is -0.380 e. The first-order valence-corrected chi connectivity index (χ1v) is 39.9. The largest absolute Gasteiger partial charge is 0.380 e. The summed E-state index contributed by atoms with van der Waals surface area (Å²) in [5.74, 6) is -0.414. The summed E-state index contributed by atoms with van der Waals surface area (Å²) in [6.07, 6.45) is 26.5. The molecule has 1 unspecified atom stereocenters. The summed E-state index contributed by atoms with van der Waals surface area (Å²) < 4.78 is 42.8. The van der Waals surface area contributed by atoms with Crippen molar-refractivity contribution in [1.82, 2.24) is 50.9 Å². The molecule has 0 radical (unpaired) electrons. The summed E-state index contributed by atoms with van der Waals surface area (Å²) in [6, 6.07) is 16.3. The number of ether oxygens (including phenoxy) is 7. The molecule has 0 aliphatic rings. The molecule has 0 fully saturated rings. The van der Waals surface area contributed by atoms with Gasteiger partial charge in [0, 0.05) is 135 Å². The molecule has 612 valence electrons. The fourth-order valence-corrected chi connectivity index (χ4v) is 12.6. The maximum Gasteiger partial charge on any atom is 0.220 e. The topological polar surface area (TPSA) is 425 Å². The number of carbonyl (C=O) groups is 5. The number of benzene rings is 2. The van der Waals surface area contributed by atoms with Crippen LogP contribution in [0.3, 0.4) is 0 Å². The second-order valence-corrected chi connectivity index (χ2v) is 27.6. The molecule has 5 amide bonds. The van der Waals surface area contributed by atoms with Gasteiger partial charge in [-0.2, -0.15) is 5.10 Å². The number of hydrogen-bond acceptors (Lipinski definition) is 19. The molecule has 0 saturated carbocycles. The van der Waals surface area contributed by atoms with Crippen LogP contribution in [0.1, 0.15) is 201 Å². The van der Waals surface area contributed by atoms with E-state index in [4.69, 9.17) is 54.7 Å². The van der Waals surface area contributed by atoms with Crippen molar-refractivity contribution in [3.8, 4) is 11.1 Å². The molecular weight excluding hydrogens is 1420 g/mol. The Bertz CT molecular complexity index is 3440. The zero-order valence-electron chi connectivity index (χ0n) is 65.8. The van der Waals surface area contributed by atoms with Crippen LogP contribution in [-0.4, -0.2) is 203 Å². The number of imidazole rings is 1. The Kier molecular flexibility index (Phi) is 50.1. The minimum absolute atomic E-state index is 0.00553. The lowest BCUT2D eigenvalue weighted by Gasteiger charge is -2.35. The van der Waals surface area contributed by atoms with E-state index >= 15 is 0 Å². The summed E-state index contributed by atoms with van der Waals surface area (Å²) in [6.45, 7) is 11.9. The van der Waals surface area contributed by atoms with Crippen LogP contribution in [0.5, 0.6) is 0 Å². The summed E-state index contributed by atoms with van der Waals surface area (Å²) >= 11 is 0. The number of hydrogen-bond donors (Lipinski definition) is 6. The number of nitrogens with one attached hydrogen (secondary N) is 5. The highest BCUT2D eigenvalue weighted by molar-refractivity contribution is 5.83. The number of pyridine rings is 1. The van der Waals surface area contributed by atoms with Crippen molar-refractivity contribution in [2.75, 3.05) is 138 Å². The molecule has 111 heavy (non-hydrogen) atoms. The molecule has 2 aromatic carbocycles. The molecule has 0 aliphatic carbocycles. The second kappa shape index (κ2) is 60.0. The van der Waals surface area contributed by atoms with Gasteiger partial charge >= 0.3 is 0 Å². The normalized spacial score (nSPS) is 12.0. The van der Waals surface area contributed by atoms with Gasteiger partial charge in [-0.1, -0.05) is 135 Å². The first-order valence-electron chi connectivity index (χ1n) is 39.9. The fraction of sp³-hybridized carbons (Fsp3) is 0.671. The van der Waals surface area contributed by atoms with Gasteiger partial charge in [-0.3, -0.25) is 33.6 Å². The van der Waals surface area contributed by atoms with Gasteiger partial charge in [-0.25, -0.2) is 4.98 Å². The van der Waals surface area contributed by atoms with Crippen LogP contribution in [0.4, 0.5) is 0 Å². The molecule has 3 heterocycles. The highest BCUT2D eigenvalue weighted by Crippen LogP contribution is 2.32. The first kappa shape index (κ1) is 92.8. The number of nitrogens with zero attached hydrogens (tertiary/aromatic N) is 14. The number of aliphatic hydroxyl groups excluding tert-OH is 1. The van der Waals surface area contributed by atoms with Crippen LogP contribution in [-0.2, 0) is 70.2 Å². The van der Waals surface area contributed by atoms with Crippen molar-refractivity contribution in [2.24, 2.45) is 15.3 Å². The van der Waals surface area contributed by atoms with Gasteiger partial charge in [0.25, 0.3) is 0 Å². The summed E-state index contributed by atoms with van der Waals surface area (Å²) in [7, 11) is 0. The number of amides is 5. The highest BCUT2D eigenvalue weighted by atomic mass is 16.5. The first-order chi connectivity index (χ1) is 54.3. The number of aryl methyl sites for hydroxylation is 2. The van der Waals surface area contributed by atoms with Crippen molar-refractivity contribution in [3.63, 3.8) is 0 Å². The minimum atomic E-state index is -1.10. The van der Waals surface area contributed by atoms with Crippen LogP contribution < -0.4 is 26.6 Å². The smallest absolute Gasteiger partial charge is 0.220 e. The Morgan fingerprint density at radius 1 is 0.486 bits per heavy atom. The number of rotatable bonds is 69. The highest BCUT2D eigenvalue weighted by Gasteiger charge is 2.34. The number of aromatic nitrogens is 5. The molecular formula is C79H123N19O13. The SMILES string of the molecule is Cc1ccc(C)c(Cn2c(C(O)c3ccncc3)nc3ccc(-c4cnn(CCOCCCCCCCCCCCCNC(=O)CCCCCCCCCCC(=O)NC(CCC(=O)NCCOCCOCCN=[N+]=[N-])(CCC(=O)NCCOCCOCCN=[N+]=[N-])CCC(=O)NCCOCCOCCN=[N+]=[N-])c4)cc32)c1. The Morgan fingerprint density at radius 3 is 1.45 bits per heavy atom. The van der Waals surface area contributed by atoms with E-state index in [2.05, 4.69) is 122 Å². The number of carbonyl (C=O) groups excluding carboxylic acids is 5. The Morgan fingerprint density at radius 2 is 0.937 bits per heavy atom. The lowest BCUT2D eigenvalue weighted by atomic mass is 9.82. The van der Waals surface area contributed by atoms with E-state index in [1.54, 1.807) is 12.4 Å². The molecule has 5 aromatic rings. The predicted octanol–water partition coefficient (Wildman–Crippen LogP) is 12.6. The predicted molar refractivity (Wildman–Crippen MR) is 425 cm³/mol. The van der Waals surface area contributed by atoms with Gasteiger partial charge in [-0.05, 0) is 122 Å². The molecule has 3 aromatic heterocycles. The zero-order chi connectivity index (χ0) is 79.3. The van der Waals surface area contributed by atoms with Gasteiger partial charge in [0.2, 0.25) is 29.5 Å². The quantitative estimate of drug-likeness (QED) is 0.00911. The van der Waals surface area contributed by atoms with Crippen LogP contribution in [0, 0.1) is 13.8 Å². The summed E-state index contributed by atoms with van der Waals surface area (Å²) in [5.41, 5.74) is 32.2. The maximum atomic E-state index is 13.9. The molecule has 0 bridgehead atoms. The van der Waals surface area contributed by atoms with E-state index in [1.807, 2.05) is 29.1 Å². The van der Waals surface area contributed by atoms with E-state index in [-0.39, 0.29) is 193 Å². The average Bonchev–Trinajstić information content (AvgIpc) is 1.62. The van der Waals surface area contributed by atoms with Crippen molar-refractivity contribution >= 4 is 40.6 Å². The van der Waals surface area contributed by atoms with E-state index < -0.39 is 11.6 Å². The van der Waals surface area contributed by atoms with Gasteiger partial charge < -0.3 is 69.4 Å². The Balaban J connectivity index is 0.910. The molecule has 5 rings (SSSR count). The van der Waals surface area contributed by atoms with Crippen molar-refractivity contribution in [2.45, 2.75) is 206 Å². The van der Waals surface area contributed by atoms with Crippen LogP contribution in [0.25, 0.3) is 53.5 Å². The lowest BCUT2D eigenvalue weighted by molar-refractivity contribution is -0.127. The van der Waals surface area contributed by atoms with Crippen LogP contribution >= 0.6 is 0 Å². The monoisotopic (exact) mass is 1550 g/mol. The Labute approximate surface area is 653 Å². The number of azide groups is 3. The molecule has 0 saturated heterocycles. The molecule has 32 heteroatoms. The molecule has 0 aliphatic heterocycles. The van der Waals surface area contributed by atoms with Gasteiger partial charge in [0.1, 0.15) is 11.9 Å². The van der Waals surface area contributed by atoms with Gasteiger partial charge in [0.05, 0.1) is 110 Å². The molecule has 1 atom stereocenters. The second-order valence-electron chi connectivity index (χ2n) is 27.6. The number of unbranched alkanes of at least 4 members (excludes halogenated alkanes) is 16. The number of fused-ring (bicyclic) bond motifs is 1. The number of aliphatic hydroxyl groups is 1. The Hall–Kier alpha value is -8.77. The molecule has 6 N–H and O–H groups in total. The van der Waals surface area contributed by atoms with Crippen molar-refractivity contribution in [1.29, 1.82) is 0 Å². The van der Waals surface area contributed by atoms with E-state index in [1.165, 1.54) is 55.2 Å². The lowest BCUT2D eigenvalue weighted by Crippen LogP contribution is -2.50. The van der Waals surface area contributed by atoms with E-state index in [9.17, 15) is 29.1 Å². The van der Waals surface area contributed by atoms with E-state index in [0.717, 1.165) is 105 Å². The average molecular weight is 1550 g/mol. The van der Waals surface area contributed by atoms with Crippen molar-refractivity contribution in [3.05, 3.63) is 133 Å². The standard InChI is InChI=1S/C79H123N19O13/c1-64-23-24-65(2)68(59-64)63-98-71-60-67(25-26-70(71)92-78(98)77(104)66-30-36-83-37-31-66)69-61-91-97(62-69)44-52-105-45-20-16-12-8-4-3-7-11-15-19-35-84-72(99)21-17-13-9-5-6-10-14-18-22-76(103)93-79(32-27-73(100)85-38-46-106-53-56-109-49-41-88-94-80,33-28-74(101)86-39-47-107-54-57-110-50-42-89-95-81)34-29-75(102)87-40-48-108-55-58-111-51-43-90-96-82/h23-26,30-31,36-37,59-62,77,104H,3-22,27-29,32-35,38-58,63H2,1-2H3,(H,84,99)(H,85,100)(H,86,101)(H,87,102)(H,93,103). The van der Waals surface area contributed by atoms with Gasteiger partial charge in [0.15, 0.2) is 0 Å². The summed E-state index contributed by atoms with van der Waals surface area (Å²) in [5, 5.41) is 41.4. The third kappa shape index (κ3) is 42.5. The van der Waals surface area contributed by atoms with Crippen LogP contribution in [0.2, 0.25) is 0 Å². The molecule has 32 nitrogen and oxygen atoms in total.